The minimum absolute atomic E-state index is 0.419. The van der Waals surface area contributed by atoms with Crippen LogP contribution in [0.5, 0.6) is 0 Å². The second-order valence-corrected chi connectivity index (χ2v) is 6.03. The van der Waals surface area contributed by atoms with Crippen LogP contribution < -0.4 is 11.5 Å². The van der Waals surface area contributed by atoms with E-state index >= 15 is 0 Å². The third-order valence-electron chi connectivity index (χ3n) is 4.07. The van der Waals surface area contributed by atoms with Gasteiger partial charge in [-0.25, -0.2) is 0 Å². The lowest BCUT2D eigenvalue weighted by Gasteiger charge is -2.45. The van der Waals surface area contributed by atoms with Gasteiger partial charge in [-0.3, -0.25) is 0 Å². The third-order valence-corrected chi connectivity index (χ3v) is 4.07. The largest absolute Gasteiger partial charge is 0.313 e. The summed E-state index contributed by atoms with van der Waals surface area (Å²) in [7, 11) is 0. The van der Waals surface area contributed by atoms with Gasteiger partial charge < -0.3 is 11.5 Å². The second kappa shape index (κ2) is 4.84. The van der Waals surface area contributed by atoms with Gasteiger partial charge in [-0.2, -0.15) is 0 Å². The first-order valence-electron chi connectivity index (χ1n) is 6.44. The summed E-state index contributed by atoms with van der Waals surface area (Å²) >= 11 is 0. The van der Waals surface area contributed by atoms with Crippen LogP contribution in [0.1, 0.15) is 53.4 Å². The Labute approximate surface area is 94.8 Å². The molecule has 1 atom stereocenters. The van der Waals surface area contributed by atoms with Gasteiger partial charge in [0.15, 0.2) is 0 Å². The van der Waals surface area contributed by atoms with Gasteiger partial charge in [-0.15, -0.1) is 0 Å². The molecule has 90 valence electrons. The van der Waals surface area contributed by atoms with Crippen LogP contribution in [0.25, 0.3) is 0 Å². The minimum Gasteiger partial charge on any atom is -0.313 e. The number of hydrogen-bond donors (Lipinski definition) is 2. The van der Waals surface area contributed by atoms with Crippen LogP contribution in [0.15, 0.2) is 0 Å². The molecule has 0 spiro atoms. The van der Waals surface area contributed by atoms with Gasteiger partial charge in [-0.1, -0.05) is 40.5 Å². The summed E-state index contributed by atoms with van der Waals surface area (Å²) < 4.78 is 0. The zero-order valence-electron chi connectivity index (χ0n) is 10.8. The Bertz CT molecular complexity index is 189. The van der Waals surface area contributed by atoms with Gasteiger partial charge in [0.25, 0.3) is 0 Å². The van der Waals surface area contributed by atoms with Crippen molar-refractivity contribution < 1.29 is 0 Å². The van der Waals surface area contributed by atoms with Crippen LogP contribution in [-0.4, -0.2) is 5.66 Å². The molecule has 4 N–H and O–H groups in total. The number of nitrogens with two attached hydrogens (primary N) is 2. The predicted octanol–water partition coefficient (Wildman–Crippen LogP) is 2.72. The number of rotatable bonds is 3. The van der Waals surface area contributed by atoms with E-state index in [1.165, 1.54) is 19.3 Å². The average molecular weight is 212 g/mol. The fourth-order valence-corrected chi connectivity index (χ4v) is 3.50. The van der Waals surface area contributed by atoms with E-state index in [4.69, 9.17) is 11.5 Å². The molecule has 0 aliphatic heterocycles. The first kappa shape index (κ1) is 13.0. The highest BCUT2D eigenvalue weighted by atomic mass is 15.0. The third kappa shape index (κ3) is 2.94. The Balaban J connectivity index is 2.81. The highest BCUT2D eigenvalue weighted by molar-refractivity contribution is 4.94. The predicted molar refractivity (Wildman–Crippen MR) is 66.2 cm³/mol. The molecule has 1 aliphatic carbocycles. The van der Waals surface area contributed by atoms with Gasteiger partial charge in [0.2, 0.25) is 0 Å². The Hall–Kier alpha value is -0.0800. The molecular formula is C13H28N2. The van der Waals surface area contributed by atoms with E-state index < -0.39 is 5.66 Å². The molecule has 0 bridgehead atoms. The van der Waals surface area contributed by atoms with Crippen LogP contribution in [0.4, 0.5) is 0 Å². The minimum atomic E-state index is -0.419. The summed E-state index contributed by atoms with van der Waals surface area (Å²) in [6, 6.07) is 0. The van der Waals surface area contributed by atoms with Gasteiger partial charge in [0.05, 0.1) is 5.66 Å². The molecule has 0 aromatic rings. The maximum atomic E-state index is 6.28. The normalized spacial score (nSPS) is 26.6. The lowest BCUT2D eigenvalue weighted by molar-refractivity contribution is 0.0706. The lowest BCUT2D eigenvalue weighted by atomic mass is 9.65. The second-order valence-electron chi connectivity index (χ2n) is 6.03. The van der Waals surface area contributed by atoms with Crippen molar-refractivity contribution in [3.8, 4) is 0 Å². The highest BCUT2D eigenvalue weighted by Crippen LogP contribution is 2.40. The Kier molecular flexibility index (Phi) is 4.19. The monoisotopic (exact) mass is 212 g/mol. The van der Waals surface area contributed by atoms with Crippen molar-refractivity contribution in [3.05, 3.63) is 0 Å². The van der Waals surface area contributed by atoms with Crippen molar-refractivity contribution in [3.63, 3.8) is 0 Å². The summed E-state index contributed by atoms with van der Waals surface area (Å²) in [6.07, 6.45) is 4.71. The summed E-state index contributed by atoms with van der Waals surface area (Å²) in [5.41, 5.74) is 12.1. The number of hydrogen-bond acceptors (Lipinski definition) is 2. The molecule has 1 rings (SSSR count). The van der Waals surface area contributed by atoms with Crippen LogP contribution in [0.3, 0.4) is 0 Å². The zero-order valence-corrected chi connectivity index (χ0v) is 10.8. The van der Waals surface area contributed by atoms with E-state index in [0.717, 1.165) is 6.42 Å². The van der Waals surface area contributed by atoms with Crippen LogP contribution in [0, 0.1) is 23.7 Å². The molecule has 0 heterocycles. The fourth-order valence-electron chi connectivity index (χ4n) is 3.50. The fraction of sp³-hybridized carbons (Fsp3) is 1.00. The Morgan fingerprint density at radius 3 is 1.93 bits per heavy atom. The van der Waals surface area contributed by atoms with E-state index in [2.05, 4.69) is 27.7 Å². The Morgan fingerprint density at radius 2 is 1.53 bits per heavy atom. The molecule has 1 aliphatic rings. The topological polar surface area (TPSA) is 52.0 Å². The van der Waals surface area contributed by atoms with Crippen molar-refractivity contribution in [2.75, 3.05) is 0 Å². The van der Waals surface area contributed by atoms with E-state index in [1.54, 1.807) is 0 Å². The summed E-state index contributed by atoms with van der Waals surface area (Å²) in [6.45, 7) is 9.20. The van der Waals surface area contributed by atoms with Gasteiger partial charge in [0, 0.05) is 0 Å². The van der Waals surface area contributed by atoms with Crippen molar-refractivity contribution in [2.45, 2.75) is 59.0 Å². The van der Waals surface area contributed by atoms with Gasteiger partial charge in [0.1, 0.15) is 0 Å². The molecular weight excluding hydrogens is 184 g/mol. The summed E-state index contributed by atoms with van der Waals surface area (Å²) in [4.78, 5) is 0. The van der Waals surface area contributed by atoms with Crippen molar-refractivity contribution >= 4 is 0 Å². The van der Waals surface area contributed by atoms with E-state index in [1.807, 2.05) is 0 Å². The van der Waals surface area contributed by atoms with Crippen LogP contribution in [0.2, 0.25) is 0 Å². The maximum absolute atomic E-state index is 6.28. The molecule has 0 saturated heterocycles. The molecule has 1 unspecified atom stereocenters. The smallest absolute Gasteiger partial charge is 0.0668 e. The molecule has 0 radical (unpaired) electrons. The van der Waals surface area contributed by atoms with Crippen molar-refractivity contribution in [1.29, 1.82) is 0 Å². The molecule has 0 aromatic heterocycles. The summed E-state index contributed by atoms with van der Waals surface area (Å²) in [5.74, 6) is 2.53. The molecule has 1 fully saturated rings. The van der Waals surface area contributed by atoms with E-state index in [0.29, 0.717) is 23.7 Å². The molecule has 1 saturated carbocycles. The first-order chi connectivity index (χ1) is 6.86. The maximum Gasteiger partial charge on any atom is 0.0668 e. The summed E-state index contributed by atoms with van der Waals surface area (Å²) in [5, 5.41) is 0. The zero-order chi connectivity index (χ0) is 11.6. The molecule has 15 heavy (non-hydrogen) atoms. The van der Waals surface area contributed by atoms with Gasteiger partial charge >= 0.3 is 0 Å². The van der Waals surface area contributed by atoms with Crippen molar-refractivity contribution in [2.24, 2.45) is 35.1 Å². The average Bonchev–Trinajstić information content (AvgIpc) is 2.06. The van der Waals surface area contributed by atoms with Crippen LogP contribution >= 0.6 is 0 Å². The standard InChI is InChI=1S/C13H28N2/c1-9(2)12(10(3)4)11-7-5-6-8-13(11,14)15/h9-12H,5-8,14-15H2,1-4H3. The lowest BCUT2D eigenvalue weighted by Crippen LogP contribution is -2.60. The highest BCUT2D eigenvalue weighted by Gasteiger charge is 2.40. The molecule has 2 heteroatoms. The quantitative estimate of drug-likeness (QED) is 0.707. The van der Waals surface area contributed by atoms with Gasteiger partial charge in [-0.05, 0) is 36.5 Å². The molecule has 2 nitrogen and oxygen atoms in total. The van der Waals surface area contributed by atoms with E-state index in [9.17, 15) is 0 Å². The van der Waals surface area contributed by atoms with E-state index in [-0.39, 0.29) is 0 Å². The molecule has 0 amide bonds. The first-order valence-corrected chi connectivity index (χ1v) is 6.44. The molecule has 0 aromatic carbocycles. The van der Waals surface area contributed by atoms with Crippen LogP contribution in [-0.2, 0) is 0 Å². The SMILES string of the molecule is CC(C)C(C(C)C)C1CCCCC1(N)N. The Morgan fingerprint density at radius 1 is 1.00 bits per heavy atom. The van der Waals surface area contributed by atoms with Crippen molar-refractivity contribution in [1.82, 2.24) is 0 Å².